The number of hydrogen-bond donors (Lipinski definition) is 1. The molecule has 1 rings (SSSR count). The van der Waals surface area contributed by atoms with Gasteiger partial charge in [-0.2, -0.15) is 0 Å². The van der Waals surface area contributed by atoms with Crippen molar-refractivity contribution in [3.8, 4) is 0 Å². The smallest absolute Gasteiger partial charge is 0.220 e. The highest BCUT2D eigenvalue weighted by molar-refractivity contribution is 5.75. The van der Waals surface area contributed by atoms with E-state index in [2.05, 4.69) is 24.4 Å². The molecule has 0 spiro atoms. The highest BCUT2D eigenvalue weighted by Crippen LogP contribution is 2.22. The number of hydrogen-bond acceptors (Lipinski definition) is 1. The van der Waals surface area contributed by atoms with E-state index in [1.807, 2.05) is 0 Å². The molecule has 0 bridgehead atoms. The minimum Gasteiger partial charge on any atom is -0.356 e. The molecular formula is C13H23NO. The third kappa shape index (κ3) is 5.60. The minimum atomic E-state index is 0.234. The maximum absolute atomic E-state index is 11.4. The van der Waals surface area contributed by atoms with E-state index in [1.165, 1.54) is 19.3 Å². The molecule has 1 aliphatic rings. The molecule has 1 atom stereocenters. The van der Waals surface area contributed by atoms with Gasteiger partial charge in [0.2, 0.25) is 5.91 Å². The Hall–Kier alpha value is -0.790. The van der Waals surface area contributed by atoms with E-state index in [1.54, 1.807) is 0 Å². The predicted octanol–water partition coefficient (Wildman–Crippen LogP) is 3.04. The van der Waals surface area contributed by atoms with Gasteiger partial charge in [0, 0.05) is 13.0 Å². The van der Waals surface area contributed by atoms with Crippen molar-refractivity contribution < 1.29 is 4.79 Å². The summed E-state index contributed by atoms with van der Waals surface area (Å²) in [5.41, 5.74) is 0. The summed E-state index contributed by atoms with van der Waals surface area (Å²) < 4.78 is 0. The summed E-state index contributed by atoms with van der Waals surface area (Å²) in [4.78, 5) is 11.4. The van der Waals surface area contributed by atoms with Gasteiger partial charge in [0.05, 0.1) is 0 Å². The van der Waals surface area contributed by atoms with Crippen molar-refractivity contribution in [3.05, 3.63) is 12.2 Å². The fourth-order valence-corrected chi connectivity index (χ4v) is 1.95. The molecular weight excluding hydrogens is 186 g/mol. The van der Waals surface area contributed by atoms with Crippen LogP contribution < -0.4 is 5.32 Å². The Balaban J connectivity index is 2.03. The quantitative estimate of drug-likeness (QED) is 0.528. The zero-order valence-corrected chi connectivity index (χ0v) is 9.80. The molecule has 2 heteroatoms. The molecule has 1 amide bonds. The van der Waals surface area contributed by atoms with Crippen molar-refractivity contribution in [2.45, 2.75) is 51.9 Å². The number of allylic oxidation sites excluding steroid dienone is 2. The van der Waals surface area contributed by atoms with Crippen LogP contribution in [-0.2, 0) is 4.79 Å². The first-order valence-corrected chi connectivity index (χ1v) is 6.24. The summed E-state index contributed by atoms with van der Waals surface area (Å²) in [6.07, 6.45) is 12.1. The average Bonchev–Trinajstić information content (AvgIpc) is 2.28. The van der Waals surface area contributed by atoms with Crippen molar-refractivity contribution in [1.82, 2.24) is 5.32 Å². The van der Waals surface area contributed by atoms with Gasteiger partial charge in [0.15, 0.2) is 0 Å². The first kappa shape index (κ1) is 12.3. The van der Waals surface area contributed by atoms with Gasteiger partial charge in [0.1, 0.15) is 0 Å². The number of nitrogens with one attached hydrogen (secondary N) is 1. The lowest BCUT2D eigenvalue weighted by Crippen LogP contribution is -2.24. The predicted molar refractivity (Wildman–Crippen MR) is 63.6 cm³/mol. The van der Waals surface area contributed by atoms with Crippen molar-refractivity contribution in [3.63, 3.8) is 0 Å². The van der Waals surface area contributed by atoms with Gasteiger partial charge in [-0.3, -0.25) is 4.79 Å². The summed E-state index contributed by atoms with van der Waals surface area (Å²) in [5, 5.41) is 2.97. The van der Waals surface area contributed by atoms with Crippen LogP contribution in [0.2, 0.25) is 0 Å². The number of rotatable bonds is 6. The van der Waals surface area contributed by atoms with Crippen molar-refractivity contribution >= 4 is 5.91 Å². The van der Waals surface area contributed by atoms with Crippen LogP contribution in [0.25, 0.3) is 0 Å². The first-order valence-electron chi connectivity index (χ1n) is 6.24. The lowest BCUT2D eigenvalue weighted by Gasteiger charge is -2.16. The molecule has 0 heterocycles. The van der Waals surface area contributed by atoms with Gasteiger partial charge < -0.3 is 5.32 Å². The van der Waals surface area contributed by atoms with Gasteiger partial charge in [-0.05, 0) is 38.0 Å². The second kappa shape index (κ2) is 7.49. The highest BCUT2D eigenvalue weighted by Gasteiger charge is 2.11. The molecule has 0 aromatic heterocycles. The molecule has 0 radical (unpaired) electrons. The fraction of sp³-hybridized carbons (Fsp3) is 0.769. The first-order chi connectivity index (χ1) is 7.33. The normalized spacial score (nSPS) is 20.2. The van der Waals surface area contributed by atoms with Gasteiger partial charge in [-0.15, -0.1) is 0 Å². The Kier molecular flexibility index (Phi) is 6.14. The van der Waals surface area contributed by atoms with E-state index in [0.717, 1.165) is 31.7 Å². The van der Waals surface area contributed by atoms with Crippen LogP contribution in [0.4, 0.5) is 0 Å². The van der Waals surface area contributed by atoms with E-state index in [4.69, 9.17) is 0 Å². The molecule has 0 saturated carbocycles. The summed E-state index contributed by atoms with van der Waals surface area (Å²) in [6, 6.07) is 0. The van der Waals surface area contributed by atoms with Crippen LogP contribution in [0.5, 0.6) is 0 Å². The van der Waals surface area contributed by atoms with Crippen LogP contribution in [-0.4, -0.2) is 12.5 Å². The topological polar surface area (TPSA) is 29.1 Å². The van der Waals surface area contributed by atoms with Crippen LogP contribution in [0.3, 0.4) is 0 Å². The fourth-order valence-electron chi connectivity index (χ4n) is 1.95. The maximum atomic E-state index is 11.4. The Morgan fingerprint density at radius 2 is 2.33 bits per heavy atom. The van der Waals surface area contributed by atoms with E-state index < -0.39 is 0 Å². The molecule has 0 saturated heterocycles. The third-order valence-electron chi connectivity index (χ3n) is 3.01. The van der Waals surface area contributed by atoms with E-state index in [9.17, 15) is 4.79 Å². The molecule has 2 nitrogen and oxygen atoms in total. The Morgan fingerprint density at radius 1 is 1.47 bits per heavy atom. The monoisotopic (exact) mass is 209 g/mol. The lowest BCUT2D eigenvalue weighted by molar-refractivity contribution is -0.121. The number of unbranched alkanes of at least 4 members (excludes halogenated alkanes) is 1. The Labute approximate surface area is 93.1 Å². The number of carbonyl (C=O) groups is 1. The van der Waals surface area contributed by atoms with Crippen LogP contribution >= 0.6 is 0 Å². The Morgan fingerprint density at radius 3 is 3.00 bits per heavy atom. The molecule has 15 heavy (non-hydrogen) atoms. The van der Waals surface area contributed by atoms with E-state index >= 15 is 0 Å². The third-order valence-corrected chi connectivity index (χ3v) is 3.01. The summed E-state index contributed by atoms with van der Waals surface area (Å²) in [6.45, 7) is 2.99. The van der Waals surface area contributed by atoms with Gasteiger partial charge in [-0.1, -0.05) is 25.5 Å². The lowest BCUT2D eigenvalue weighted by atomic mass is 9.90. The van der Waals surface area contributed by atoms with Crippen molar-refractivity contribution in [2.24, 2.45) is 5.92 Å². The standard InChI is InChI=1S/C13H23NO/c1-2-3-11-14-13(15)10-9-12-7-5-4-6-8-12/h4-5,12H,2-3,6-11H2,1H3,(H,14,15). The Bertz CT molecular complexity index is 211. The zero-order chi connectivity index (χ0) is 10.9. The molecule has 0 fully saturated rings. The van der Waals surface area contributed by atoms with Crippen LogP contribution in [0, 0.1) is 5.92 Å². The number of amides is 1. The second-order valence-corrected chi connectivity index (χ2v) is 4.39. The average molecular weight is 209 g/mol. The molecule has 0 aliphatic heterocycles. The van der Waals surface area contributed by atoms with E-state index in [-0.39, 0.29) is 5.91 Å². The summed E-state index contributed by atoms with van der Waals surface area (Å²) >= 11 is 0. The molecule has 0 aromatic rings. The van der Waals surface area contributed by atoms with Gasteiger partial charge in [-0.25, -0.2) is 0 Å². The van der Waals surface area contributed by atoms with E-state index in [0.29, 0.717) is 6.42 Å². The molecule has 86 valence electrons. The molecule has 1 aliphatic carbocycles. The molecule has 1 unspecified atom stereocenters. The van der Waals surface area contributed by atoms with Crippen molar-refractivity contribution in [2.75, 3.05) is 6.54 Å². The SMILES string of the molecule is CCCCNC(=O)CCC1CC=CCC1. The molecule has 0 aromatic carbocycles. The molecule has 1 N–H and O–H groups in total. The van der Waals surface area contributed by atoms with Crippen LogP contribution in [0.1, 0.15) is 51.9 Å². The summed E-state index contributed by atoms with van der Waals surface area (Å²) in [5.74, 6) is 0.977. The maximum Gasteiger partial charge on any atom is 0.220 e. The van der Waals surface area contributed by atoms with Crippen molar-refractivity contribution in [1.29, 1.82) is 0 Å². The zero-order valence-electron chi connectivity index (χ0n) is 9.80. The minimum absolute atomic E-state index is 0.234. The highest BCUT2D eigenvalue weighted by atomic mass is 16.1. The number of carbonyl (C=O) groups excluding carboxylic acids is 1. The second-order valence-electron chi connectivity index (χ2n) is 4.39. The van der Waals surface area contributed by atoms with Crippen LogP contribution in [0.15, 0.2) is 12.2 Å². The largest absolute Gasteiger partial charge is 0.356 e. The summed E-state index contributed by atoms with van der Waals surface area (Å²) in [7, 11) is 0. The van der Waals surface area contributed by atoms with Gasteiger partial charge in [0.25, 0.3) is 0 Å². The van der Waals surface area contributed by atoms with Gasteiger partial charge >= 0.3 is 0 Å².